The lowest BCUT2D eigenvalue weighted by Gasteiger charge is -2.51. The number of nitrogens with zero attached hydrogens (tertiary/aromatic N) is 2. The second kappa shape index (κ2) is 17.8. The molecule has 0 saturated carbocycles. The van der Waals surface area contributed by atoms with E-state index >= 15 is 0 Å². The topological polar surface area (TPSA) is 6.48 Å². The molecule has 0 amide bonds. The molecule has 60 heavy (non-hydrogen) atoms. The summed E-state index contributed by atoms with van der Waals surface area (Å²) in [4.78, 5) is 5.76. The van der Waals surface area contributed by atoms with Gasteiger partial charge in [0.15, 0.2) is 0 Å². The SMILES string of the molecule is Cc1cc(C)cc(C(C)C2=CC=CC(C)(C(C)c3cc(C)cc(C)c3)C2N2CCN(C3C(C(C)c4cc(C)cc(C)c4)=CC=CC3(C)C(C)c3cc(C)cc(C)c3)C2)c1.Cl. The van der Waals surface area contributed by atoms with E-state index in [0.717, 1.165) is 19.8 Å². The maximum absolute atomic E-state index is 2.88. The number of hydrogen-bond acceptors (Lipinski definition) is 2. The monoisotopic (exact) mass is 821 g/mol. The minimum absolute atomic E-state index is 0. The number of hydrogen-bond donors (Lipinski definition) is 0. The molecule has 2 nitrogen and oxygen atoms in total. The van der Waals surface area contributed by atoms with Crippen LogP contribution in [-0.4, -0.2) is 41.6 Å². The zero-order valence-corrected chi connectivity index (χ0v) is 40.1. The highest BCUT2D eigenvalue weighted by Gasteiger charge is 2.51. The second-order valence-corrected chi connectivity index (χ2v) is 19.9. The summed E-state index contributed by atoms with van der Waals surface area (Å²) in [6.45, 7) is 36.0. The van der Waals surface area contributed by atoms with E-state index in [2.05, 4.69) is 216 Å². The number of benzene rings is 4. The van der Waals surface area contributed by atoms with Crippen LogP contribution >= 0.6 is 12.4 Å². The third kappa shape index (κ3) is 8.86. The van der Waals surface area contributed by atoms with Gasteiger partial charge < -0.3 is 0 Å². The Morgan fingerprint density at radius 3 is 0.983 bits per heavy atom. The van der Waals surface area contributed by atoms with E-state index in [1.807, 2.05) is 0 Å². The molecule has 4 aromatic carbocycles. The molecule has 4 aromatic rings. The Morgan fingerprint density at radius 2 is 0.700 bits per heavy atom. The predicted octanol–water partition coefficient (Wildman–Crippen LogP) is 14.4. The molecule has 1 aliphatic heterocycles. The van der Waals surface area contributed by atoms with Crippen molar-refractivity contribution in [3.63, 3.8) is 0 Å². The van der Waals surface area contributed by atoms with E-state index in [0.29, 0.717) is 11.8 Å². The standard InChI is InChI=1S/C57H72N2.ClH/c1-36-23-37(2)28-48(27-36)44(9)52-17-15-19-56(13,46(11)50-31-40(5)25-41(6)32-50)54(52)58-21-22-59(35-58)55-53(45(10)49-29-38(3)24-39(4)30-49)18-16-20-57(55,14)47(12)51-33-42(7)26-43(8)34-51;/h15-20,23-34,44-47,54-55H,21-22,35H2,1-14H3;1H. The van der Waals surface area contributed by atoms with Crippen LogP contribution in [0.4, 0.5) is 0 Å². The van der Waals surface area contributed by atoms with Crippen molar-refractivity contribution < 1.29 is 0 Å². The van der Waals surface area contributed by atoms with Crippen molar-refractivity contribution in [3.8, 4) is 0 Å². The predicted molar refractivity (Wildman–Crippen MR) is 261 cm³/mol. The Labute approximate surface area is 371 Å². The van der Waals surface area contributed by atoms with Crippen LogP contribution in [0.1, 0.15) is 132 Å². The van der Waals surface area contributed by atoms with Crippen molar-refractivity contribution >= 4 is 12.4 Å². The average molecular weight is 822 g/mol. The summed E-state index contributed by atoms with van der Waals surface area (Å²) in [5, 5.41) is 0. The highest BCUT2D eigenvalue weighted by molar-refractivity contribution is 5.85. The van der Waals surface area contributed by atoms with E-state index in [1.54, 1.807) is 0 Å². The maximum Gasteiger partial charge on any atom is 0.0519 e. The molecule has 1 fully saturated rings. The smallest absolute Gasteiger partial charge is 0.0519 e. The molecule has 1 heterocycles. The van der Waals surface area contributed by atoms with Gasteiger partial charge in [-0.3, -0.25) is 9.80 Å². The van der Waals surface area contributed by atoms with Crippen LogP contribution in [0.3, 0.4) is 0 Å². The summed E-state index contributed by atoms with van der Waals surface area (Å²) in [5.41, 5.74) is 19.3. The molecule has 0 aromatic heterocycles. The normalized spacial score (nSPS) is 25.3. The van der Waals surface area contributed by atoms with Crippen LogP contribution in [0.5, 0.6) is 0 Å². The van der Waals surface area contributed by atoms with Crippen molar-refractivity contribution in [2.45, 2.75) is 133 Å². The van der Waals surface area contributed by atoms with Gasteiger partial charge in [0, 0.05) is 47.8 Å². The molecule has 1 saturated heterocycles. The third-order valence-corrected chi connectivity index (χ3v) is 14.9. The first-order chi connectivity index (χ1) is 27.9. The fraction of sp³-hybridized carbons (Fsp3) is 0.439. The largest absolute Gasteiger partial charge is 0.282 e. The Balaban J connectivity index is 0.00000604. The molecule has 318 valence electrons. The van der Waals surface area contributed by atoms with Gasteiger partial charge in [-0.2, -0.15) is 0 Å². The molecule has 0 radical (unpaired) electrons. The lowest BCUT2D eigenvalue weighted by atomic mass is 9.62. The van der Waals surface area contributed by atoms with Crippen LogP contribution in [-0.2, 0) is 0 Å². The van der Waals surface area contributed by atoms with Crippen molar-refractivity contribution in [3.05, 3.63) is 187 Å². The van der Waals surface area contributed by atoms with Crippen molar-refractivity contribution in [1.29, 1.82) is 0 Å². The first-order valence-electron chi connectivity index (χ1n) is 22.5. The van der Waals surface area contributed by atoms with Crippen LogP contribution in [0, 0.1) is 66.2 Å². The van der Waals surface area contributed by atoms with Crippen LogP contribution < -0.4 is 0 Å². The molecule has 0 bridgehead atoms. The molecule has 8 unspecified atom stereocenters. The molecule has 0 N–H and O–H groups in total. The van der Waals surface area contributed by atoms with Gasteiger partial charge in [0.2, 0.25) is 0 Å². The first-order valence-corrected chi connectivity index (χ1v) is 22.5. The van der Waals surface area contributed by atoms with E-state index in [9.17, 15) is 0 Å². The summed E-state index contributed by atoms with van der Waals surface area (Å²) < 4.78 is 0. The highest BCUT2D eigenvalue weighted by Crippen LogP contribution is 2.53. The molecular formula is C57H73ClN2. The number of aryl methyl sites for hydroxylation is 8. The van der Waals surface area contributed by atoms with Gasteiger partial charge in [-0.25, -0.2) is 0 Å². The van der Waals surface area contributed by atoms with Crippen molar-refractivity contribution in [2.75, 3.05) is 19.8 Å². The lowest BCUT2D eigenvalue weighted by Crippen LogP contribution is -2.53. The van der Waals surface area contributed by atoms with Gasteiger partial charge in [0.1, 0.15) is 0 Å². The zero-order valence-electron chi connectivity index (χ0n) is 39.3. The van der Waals surface area contributed by atoms with Crippen LogP contribution in [0.2, 0.25) is 0 Å². The van der Waals surface area contributed by atoms with E-state index in [-0.39, 0.29) is 47.2 Å². The first kappa shape index (κ1) is 45.6. The highest BCUT2D eigenvalue weighted by atomic mass is 35.5. The zero-order chi connectivity index (χ0) is 42.6. The minimum atomic E-state index is -0.124. The molecule has 2 aliphatic carbocycles. The van der Waals surface area contributed by atoms with Crippen LogP contribution in [0.25, 0.3) is 0 Å². The van der Waals surface area contributed by atoms with Crippen molar-refractivity contribution in [1.82, 2.24) is 9.80 Å². The van der Waals surface area contributed by atoms with Gasteiger partial charge in [-0.05, 0) is 101 Å². The van der Waals surface area contributed by atoms with Gasteiger partial charge >= 0.3 is 0 Å². The van der Waals surface area contributed by atoms with E-state index in [1.165, 1.54) is 77.9 Å². The van der Waals surface area contributed by atoms with E-state index in [4.69, 9.17) is 0 Å². The number of rotatable bonds is 10. The molecule has 3 aliphatic rings. The molecule has 0 spiro atoms. The fourth-order valence-corrected chi connectivity index (χ4v) is 11.7. The summed E-state index contributed by atoms with van der Waals surface area (Å²) in [7, 11) is 0. The van der Waals surface area contributed by atoms with Gasteiger partial charge in [-0.1, -0.05) is 195 Å². The lowest BCUT2D eigenvalue weighted by molar-refractivity contribution is 0.0771. The number of halogens is 1. The maximum atomic E-state index is 2.88. The Morgan fingerprint density at radius 1 is 0.433 bits per heavy atom. The fourth-order valence-electron chi connectivity index (χ4n) is 11.7. The molecule has 7 rings (SSSR count). The molecule has 3 heteroatoms. The minimum Gasteiger partial charge on any atom is -0.282 e. The molecule has 8 atom stereocenters. The van der Waals surface area contributed by atoms with Crippen molar-refractivity contribution in [2.24, 2.45) is 10.8 Å². The summed E-state index contributed by atoms with van der Waals surface area (Å²) in [5.74, 6) is 1.21. The molecular weight excluding hydrogens is 748 g/mol. The number of allylic oxidation sites excluding steroid dienone is 4. The summed E-state index contributed by atoms with van der Waals surface area (Å²) in [6, 6.07) is 29.2. The second-order valence-electron chi connectivity index (χ2n) is 19.9. The van der Waals surface area contributed by atoms with Gasteiger partial charge in [0.25, 0.3) is 0 Å². The quantitative estimate of drug-likeness (QED) is 0.157. The summed E-state index contributed by atoms with van der Waals surface area (Å²) >= 11 is 0. The summed E-state index contributed by atoms with van der Waals surface area (Å²) in [6.07, 6.45) is 14.9. The Kier molecular flexibility index (Phi) is 13.5. The third-order valence-electron chi connectivity index (χ3n) is 14.9. The Hall–Kier alpha value is -3.95. The van der Waals surface area contributed by atoms with Gasteiger partial charge in [0.05, 0.1) is 6.67 Å². The average Bonchev–Trinajstić information content (AvgIpc) is 3.63. The van der Waals surface area contributed by atoms with Gasteiger partial charge in [-0.15, -0.1) is 12.4 Å². The van der Waals surface area contributed by atoms with Crippen LogP contribution in [0.15, 0.2) is 120 Å². The Bertz CT molecular complexity index is 2100. The van der Waals surface area contributed by atoms with E-state index < -0.39 is 0 Å².